The van der Waals surface area contributed by atoms with Crippen LogP contribution in [0.25, 0.3) is 0 Å². The van der Waals surface area contributed by atoms with Gasteiger partial charge in [0.15, 0.2) is 0 Å². The summed E-state index contributed by atoms with van der Waals surface area (Å²) in [5.74, 6) is 0. The van der Waals surface area contributed by atoms with Crippen LogP contribution in [0.15, 0.2) is 11.6 Å². The summed E-state index contributed by atoms with van der Waals surface area (Å²) in [4.78, 5) is 11.2. The normalized spacial score (nSPS) is 17.0. The Kier molecular flexibility index (Phi) is 4.09. The third kappa shape index (κ3) is 4.18. The van der Waals surface area contributed by atoms with E-state index in [1.54, 1.807) is 0 Å². The Morgan fingerprint density at radius 3 is 2.62 bits per heavy atom. The maximum atomic E-state index is 11.2. The van der Waals surface area contributed by atoms with Crippen molar-refractivity contribution in [2.75, 3.05) is 6.54 Å². The summed E-state index contributed by atoms with van der Waals surface area (Å²) >= 11 is 5.50. The van der Waals surface area contributed by atoms with Crippen molar-refractivity contribution in [2.45, 2.75) is 31.7 Å². The predicted molar refractivity (Wildman–Crippen MR) is 53.8 cm³/mol. The zero-order valence-electron chi connectivity index (χ0n) is 7.61. The highest BCUT2D eigenvalue weighted by Gasteiger charge is 2.16. The van der Waals surface area contributed by atoms with Gasteiger partial charge in [-0.2, -0.15) is 0 Å². The lowest BCUT2D eigenvalue weighted by Crippen LogP contribution is -2.41. The molecule has 2 N–H and O–H groups in total. The second-order valence-corrected chi connectivity index (χ2v) is 3.86. The van der Waals surface area contributed by atoms with Gasteiger partial charge < -0.3 is 10.6 Å². The highest BCUT2D eigenvalue weighted by atomic mass is 35.5. The van der Waals surface area contributed by atoms with Crippen molar-refractivity contribution in [2.24, 2.45) is 0 Å². The van der Waals surface area contributed by atoms with Crippen molar-refractivity contribution in [3.63, 3.8) is 0 Å². The van der Waals surface area contributed by atoms with Crippen LogP contribution in [0.1, 0.15) is 25.7 Å². The predicted octanol–water partition coefficient (Wildman–Crippen LogP) is 1.98. The number of nitrogens with one attached hydrogen (secondary N) is 2. The number of amides is 2. The largest absolute Gasteiger partial charge is 0.335 e. The molecule has 0 aromatic heterocycles. The molecule has 0 atom stereocenters. The Balaban J connectivity index is 2.13. The van der Waals surface area contributed by atoms with Crippen molar-refractivity contribution >= 4 is 17.6 Å². The number of urea groups is 1. The molecule has 2 amide bonds. The third-order valence-electron chi connectivity index (χ3n) is 2.13. The molecule has 0 aromatic carbocycles. The smallest absolute Gasteiger partial charge is 0.315 e. The molecule has 0 radical (unpaired) electrons. The van der Waals surface area contributed by atoms with Crippen LogP contribution in [0, 0.1) is 0 Å². The van der Waals surface area contributed by atoms with Gasteiger partial charge in [0.1, 0.15) is 0 Å². The minimum absolute atomic E-state index is 0.145. The van der Waals surface area contributed by atoms with E-state index in [-0.39, 0.29) is 6.03 Å². The van der Waals surface area contributed by atoms with Crippen molar-refractivity contribution in [1.82, 2.24) is 10.6 Å². The maximum absolute atomic E-state index is 11.2. The molecule has 1 saturated carbocycles. The van der Waals surface area contributed by atoms with Crippen LogP contribution in [-0.2, 0) is 0 Å². The molecule has 0 aliphatic heterocycles. The molecule has 3 nitrogen and oxygen atoms in total. The minimum atomic E-state index is -0.145. The standard InChI is InChI=1S/C9H15ClN2O/c1-7(10)6-11-9(13)12-8-4-2-3-5-8/h8H,1-6H2,(H2,11,12,13). The summed E-state index contributed by atoms with van der Waals surface area (Å²) in [6, 6.07) is 0.206. The Labute approximate surface area is 83.5 Å². The SMILES string of the molecule is C=C(Cl)CNC(=O)NC1CCCC1. The van der Waals surface area contributed by atoms with Gasteiger partial charge in [-0.25, -0.2) is 4.79 Å². The number of hydrogen-bond donors (Lipinski definition) is 2. The molecular weight excluding hydrogens is 188 g/mol. The number of carbonyl (C=O) groups is 1. The van der Waals surface area contributed by atoms with Gasteiger partial charge in [0, 0.05) is 11.1 Å². The summed E-state index contributed by atoms with van der Waals surface area (Å²) in [6.07, 6.45) is 4.62. The van der Waals surface area contributed by atoms with Crippen LogP contribution < -0.4 is 10.6 Å². The lowest BCUT2D eigenvalue weighted by atomic mass is 10.2. The summed E-state index contributed by atoms with van der Waals surface area (Å²) in [6.45, 7) is 3.82. The summed E-state index contributed by atoms with van der Waals surface area (Å²) in [7, 11) is 0. The van der Waals surface area contributed by atoms with Crippen molar-refractivity contribution in [3.8, 4) is 0 Å². The van der Waals surface area contributed by atoms with Crippen LogP contribution in [0.3, 0.4) is 0 Å². The molecule has 1 aliphatic carbocycles. The van der Waals surface area contributed by atoms with Crippen molar-refractivity contribution in [1.29, 1.82) is 0 Å². The van der Waals surface area contributed by atoms with E-state index in [4.69, 9.17) is 11.6 Å². The van der Waals surface area contributed by atoms with Gasteiger partial charge in [-0.1, -0.05) is 31.0 Å². The fourth-order valence-corrected chi connectivity index (χ4v) is 1.55. The van der Waals surface area contributed by atoms with Crippen LogP contribution in [0.5, 0.6) is 0 Å². The molecule has 0 bridgehead atoms. The molecule has 1 rings (SSSR count). The van der Waals surface area contributed by atoms with Gasteiger partial charge in [0.05, 0.1) is 6.54 Å². The molecule has 13 heavy (non-hydrogen) atoms. The highest BCUT2D eigenvalue weighted by Crippen LogP contribution is 2.17. The Hall–Kier alpha value is -0.700. The van der Waals surface area contributed by atoms with E-state index in [2.05, 4.69) is 17.2 Å². The monoisotopic (exact) mass is 202 g/mol. The van der Waals surface area contributed by atoms with E-state index in [1.807, 2.05) is 0 Å². The number of carbonyl (C=O) groups excluding carboxylic acids is 1. The summed E-state index contributed by atoms with van der Waals surface area (Å²) in [5.41, 5.74) is 0. The maximum Gasteiger partial charge on any atom is 0.315 e. The molecule has 1 fully saturated rings. The summed E-state index contributed by atoms with van der Waals surface area (Å²) < 4.78 is 0. The fourth-order valence-electron chi connectivity index (χ4n) is 1.48. The topological polar surface area (TPSA) is 41.1 Å². The van der Waals surface area contributed by atoms with E-state index in [1.165, 1.54) is 12.8 Å². The first-order valence-corrected chi connectivity index (χ1v) is 4.94. The Bertz CT molecular complexity index is 200. The molecule has 0 saturated heterocycles. The number of hydrogen-bond acceptors (Lipinski definition) is 1. The van der Waals surface area contributed by atoms with Gasteiger partial charge in [-0.05, 0) is 12.8 Å². The molecule has 0 heterocycles. The van der Waals surface area contributed by atoms with Gasteiger partial charge in [-0.15, -0.1) is 0 Å². The van der Waals surface area contributed by atoms with Crippen LogP contribution in [0.4, 0.5) is 4.79 Å². The second kappa shape index (κ2) is 5.12. The van der Waals surface area contributed by atoms with Gasteiger partial charge in [0.25, 0.3) is 0 Å². The van der Waals surface area contributed by atoms with E-state index in [0.29, 0.717) is 17.6 Å². The highest BCUT2D eigenvalue weighted by molar-refractivity contribution is 6.29. The van der Waals surface area contributed by atoms with E-state index >= 15 is 0 Å². The average Bonchev–Trinajstić information content (AvgIpc) is 2.53. The van der Waals surface area contributed by atoms with Crippen molar-refractivity contribution < 1.29 is 4.79 Å². The van der Waals surface area contributed by atoms with Gasteiger partial charge in [-0.3, -0.25) is 0 Å². The van der Waals surface area contributed by atoms with Crippen LogP contribution in [0.2, 0.25) is 0 Å². The second-order valence-electron chi connectivity index (χ2n) is 3.33. The first-order valence-electron chi connectivity index (χ1n) is 4.56. The average molecular weight is 203 g/mol. The van der Waals surface area contributed by atoms with E-state index in [9.17, 15) is 4.79 Å². The molecule has 0 aromatic rings. The van der Waals surface area contributed by atoms with Gasteiger partial charge >= 0.3 is 6.03 Å². The minimum Gasteiger partial charge on any atom is -0.335 e. The van der Waals surface area contributed by atoms with Crippen LogP contribution in [-0.4, -0.2) is 18.6 Å². The first-order chi connectivity index (χ1) is 6.18. The summed E-state index contributed by atoms with van der Waals surface area (Å²) in [5, 5.41) is 5.96. The fraction of sp³-hybridized carbons (Fsp3) is 0.667. The number of rotatable bonds is 3. The van der Waals surface area contributed by atoms with E-state index in [0.717, 1.165) is 12.8 Å². The molecule has 4 heteroatoms. The van der Waals surface area contributed by atoms with E-state index < -0.39 is 0 Å². The van der Waals surface area contributed by atoms with Gasteiger partial charge in [0.2, 0.25) is 0 Å². The lowest BCUT2D eigenvalue weighted by Gasteiger charge is -2.12. The Morgan fingerprint density at radius 2 is 2.08 bits per heavy atom. The zero-order valence-corrected chi connectivity index (χ0v) is 8.36. The lowest BCUT2D eigenvalue weighted by molar-refractivity contribution is 0.238. The quantitative estimate of drug-likeness (QED) is 0.722. The number of halogens is 1. The molecule has 0 spiro atoms. The molecule has 0 unspecified atom stereocenters. The molecule has 74 valence electrons. The van der Waals surface area contributed by atoms with Crippen molar-refractivity contribution in [3.05, 3.63) is 11.6 Å². The third-order valence-corrected chi connectivity index (χ3v) is 2.26. The molecule has 1 aliphatic rings. The van der Waals surface area contributed by atoms with Crippen LogP contribution >= 0.6 is 11.6 Å². The first kappa shape index (κ1) is 10.4. The Morgan fingerprint density at radius 1 is 1.46 bits per heavy atom. The molecular formula is C9H15ClN2O. The zero-order chi connectivity index (χ0) is 9.68.